The van der Waals surface area contributed by atoms with Crippen molar-refractivity contribution in [1.82, 2.24) is 20.0 Å². The van der Waals surface area contributed by atoms with Crippen LogP contribution in [0.5, 0.6) is 0 Å². The van der Waals surface area contributed by atoms with E-state index < -0.39 is 36.1 Å². The molecule has 0 spiro atoms. The number of hydrogen-bond donors (Lipinski definition) is 4. The average Bonchev–Trinajstić information content (AvgIpc) is 3.57. The molecule has 0 aliphatic rings. The van der Waals surface area contributed by atoms with E-state index in [0.29, 0.717) is 0 Å². The topological polar surface area (TPSA) is 161 Å². The predicted octanol–water partition coefficient (Wildman–Crippen LogP) is 5.49. The van der Waals surface area contributed by atoms with Crippen LogP contribution in [0, 0.1) is 0 Å². The number of hydrogen-bond acceptors (Lipinski definition) is 9. The van der Waals surface area contributed by atoms with Crippen LogP contribution in [0.2, 0.25) is 0 Å². The Morgan fingerprint density at radius 1 is 0.551 bits per heavy atom. The number of rotatable bonds is 14. The molecule has 0 saturated carbocycles. The van der Waals surface area contributed by atoms with Gasteiger partial charge in [-0.3, -0.25) is 20.2 Å². The molecule has 4 aromatic carbocycles. The zero-order chi connectivity index (χ0) is 34.3. The third-order valence-electron chi connectivity index (χ3n) is 7.10. The monoisotopic (exact) mass is 678 g/mol. The lowest BCUT2D eigenvalue weighted by Gasteiger charge is -2.18. The number of nitrogens with zero attached hydrogens (tertiary/aromatic N) is 2. The highest BCUT2D eigenvalue weighted by Gasteiger charge is 2.26. The first-order chi connectivity index (χ1) is 23.9. The van der Waals surface area contributed by atoms with E-state index in [1.165, 1.54) is 0 Å². The van der Waals surface area contributed by atoms with Crippen molar-refractivity contribution in [2.75, 3.05) is 10.6 Å². The summed E-state index contributed by atoms with van der Waals surface area (Å²) in [4.78, 5) is 56.3. The number of ether oxygens (including phenoxy) is 2. The molecule has 0 saturated heterocycles. The fourth-order valence-corrected chi connectivity index (χ4v) is 5.18. The summed E-state index contributed by atoms with van der Waals surface area (Å²) in [5.74, 6) is -1.21. The number of anilines is 2. The second-order valence-electron chi connectivity index (χ2n) is 10.8. The number of carbonyl (C=O) groups is 4. The van der Waals surface area contributed by atoms with Crippen LogP contribution in [0.4, 0.5) is 20.7 Å². The van der Waals surface area contributed by atoms with Crippen LogP contribution in [-0.2, 0) is 45.1 Å². The van der Waals surface area contributed by atoms with Gasteiger partial charge < -0.3 is 20.1 Å². The molecule has 1 aromatic heterocycles. The first-order valence-corrected chi connectivity index (χ1v) is 16.2. The number of alkyl carbamates (subject to hydrolysis) is 2. The van der Waals surface area contributed by atoms with Crippen molar-refractivity contribution in [1.29, 1.82) is 0 Å². The van der Waals surface area contributed by atoms with Gasteiger partial charge in [0.2, 0.25) is 22.9 Å². The zero-order valence-electron chi connectivity index (χ0n) is 26.3. The number of amides is 4. The van der Waals surface area contributed by atoms with Gasteiger partial charge in [-0.05, 0) is 22.3 Å². The fourth-order valence-electron chi connectivity index (χ4n) is 4.65. The largest absolute Gasteiger partial charge is 0.445 e. The second kappa shape index (κ2) is 17.7. The lowest BCUT2D eigenvalue weighted by Crippen LogP contribution is -2.45. The molecule has 250 valence electrons. The molecular weight excluding hydrogens is 644 g/mol. The highest BCUT2D eigenvalue weighted by molar-refractivity contribution is 7.10. The molecule has 5 rings (SSSR count). The summed E-state index contributed by atoms with van der Waals surface area (Å²) in [6.45, 7) is 0.0740. The maximum absolute atomic E-state index is 13.4. The molecule has 2 atom stereocenters. The Hall–Kier alpha value is -6.08. The van der Waals surface area contributed by atoms with Crippen LogP contribution in [0.3, 0.4) is 0 Å². The number of benzene rings is 4. The number of aromatic nitrogens is 2. The van der Waals surface area contributed by atoms with E-state index in [-0.39, 0.29) is 37.1 Å². The van der Waals surface area contributed by atoms with Crippen LogP contribution in [0.25, 0.3) is 0 Å². The molecule has 0 aliphatic carbocycles. The smallest absolute Gasteiger partial charge is 0.408 e. The average molecular weight is 679 g/mol. The summed E-state index contributed by atoms with van der Waals surface area (Å²) >= 11 is 0.842. The summed E-state index contributed by atoms with van der Waals surface area (Å²) in [5, 5.41) is 10.6. The van der Waals surface area contributed by atoms with Crippen LogP contribution < -0.4 is 21.3 Å². The molecule has 4 N–H and O–H groups in total. The minimum absolute atomic E-state index is 0.0356. The standard InChI is InChI=1S/C36H34N6O6S/c43-31(29(21-25-13-5-1-6-14-25)37-35(45)47-23-27-17-9-3-10-18-27)39-33-41-34(49-42-33)40-32(44)30(22-26-15-7-2-8-16-26)38-36(46)48-24-28-19-11-4-12-20-28/h1-20,29-30H,21-24H2,(H,37,45)(H,38,46)(H2,39,40,41,42,43,44)/t29?,30-/m1/s1. The summed E-state index contributed by atoms with van der Waals surface area (Å²) in [6.07, 6.45) is -1.17. The molecule has 13 heteroatoms. The van der Waals surface area contributed by atoms with E-state index in [9.17, 15) is 19.2 Å². The van der Waals surface area contributed by atoms with Crippen LogP contribution >= 0.6 is 11.5 Å². The number of nitrogens with one attached hydrogen (secondary N) is 4. The van der Waals surface area contributed by atoms with Gasteiger partial charge in [-0.25, -0.2) is 9.59 Å². The van der Waals surface area contributed by atoms with Crippen LogP contribution in [-0.4, -0.2) is 45.4 Å². The van der Waals surface area contributed by atoms with E-state index in [4.69, 9.17) is 9.47 Å². The van der Waals surface area contributed by atoms with Gasteiger partial charge in [-0.1, -0.05) is 121 Å². The molecular formula is C36H34N6O6S. The quantitative estimate of drug-likeness (QED) is 0.120. The molecule has 0 radical (unpaired) electrons. The molecule has 1 unspecified atom stereocenters. The Bertz CT molecular complexity index is 1680. The third kappa shape index (κ3) is 11.3. The van der Waals surface area contributed by atoms with Crippen molar-refractivity contribution in [3.05, 3.63) is 144 Å². The lowest BCUT2D eigenvalue weighted by atomic mass is 10.1. The molecule has 0 fully saturated rings. The van der Waals surface area contributed by atoms with Crippen molar-refractivity contribution >= 4 is 46.6 Å². The molecule has 1 heterocycles. The highest BCUT2D eigenvalue weighted by atomic mass is 32.1. The molecule has 12 nitrogen and oxygen atoms in total. The van der Waals surface area contributed by atoms with Gasteiger partial charge in [0.1, 0.15) is 25.3 Å². The van der Waals surface area contributed by atoms with E-state index in [1.54, 1.807) is 0 Å². The first-order valence-electron chi connectivity index (χ1n) is 15.4. The minimum atomic E-state index is -1.02. The van der Waals surface area contributed by atoms with Gasteiger partial charge in [0.25, 0.3) is 0 Å². The summed E-state index contributed by atoms with van der Waals surface area (Å²) in [5.41, 5.74) is 3.23. The minimum Gasteiger partial charge on any atom is -0.445 e. The van der Waals surface area contributed by atoms with Crippen molar-refractivity contribution < 1.29 is 28.7 Å². The van der Waals surface area contributed by atoms with E-state index in [0.717, 1.165) is 33.8 Å². The second-order valence-corrected chi connectivity index (χ2v) is 11.6. The van der Waals surface area contributed by atoms with Gasteiger partial charge in [-0.15, -0.1) is 0 Å². The van der Waals surface area contributed by atoms with E-state index in [2.05, 4.69) is 30.6 Å². The molecule has 5 aromatic rings. The number of carbonyl (C=O) groups excluding carboxylic acids is 4. The van der Waals surface area contributed by atoms with Crippen LogP contribution in [0.15, 0.2) is 121 Å². The van der Waals surface area contributed by atoms with Crippen LogP contribution in [0.1, 0.15) is 22.3 Å². The third-order valence-corrected chi connectivity index (χ3v) is 7.73. The van der Waals surface area contributed by atoms with Crippen molar-refractivity contribution in [3.63, 3.8) is 0 Å². The summed E-state index contributed by atoms with van der Waals surface area (Å²) in [6, 6.07) is 34.7. The van der Waals surface area contributed by atoms with E-state index >= 15 is 0 Å². The van der Waals surface area contributed by atoms with Crippen molar-refractivity contribution in [2.45, 2.75) is 38.1 Å². The van der Waals surface area contributed by atoms with Gasteiger partial charge in [-0.2, -0.15) is 9.36 Å². The van der Waals surface area contributed by atoms with Gasteiger partial charge >= 0.3 is 12.2 Å². The normalized spacial score (nSPS) is 11.8. The molecule has 0 bridgehead atoms. The highest BCUT2D eigenvalue weighted by Crippen LogP contribution is 2.17. The van der Waals surface area contributed by atoms with E-state index in [1.807, 2.05) is 121 Å². The first kappa shape index (κ1) is 34.3. The summed E-state index contributed by atoms with van der Waals surface area (Å²) in [7, 11) is 0. The predicted molar refractivity (Wildman–Crippen MR) is 185 cm³/mol. The fraction of sp³-hybridized carbons (Fsp3) is 0.167. The zero-order valence-corrected chi connectivity index (χ0v) is 27.1. The lowest BCUT2D eigenvalue weighted by molar-refractivity contribution is -0.118. The maximum atomic E-state index is 13.4. The Morgan fingerprint density at radius 3 is 1.37 bits per heavy atom. The van der Waals surface area contributed by atoms with Crippen molar-refractivity contribution in [3.8, 4) is 0 Å². The van der Waals surface area contributed by atoms with Gasteiger partial charge in [0.05, 0.1) is 0 Å². The van der Waals surface area contributed by atoms with Gasteiger partial charge in [0.15, 0.2) is 0 Å². The Kier molecular flexibility index (Phi) is 12.4. The molecule has 49 heavy (non-hydrogen) atoms. The van der Waals surface area contributed by atoms with Crippen molar-refractivity contribution in [2.24, 2.45) is 0 Å². The SMILES string of the molecule is O=C(NC(Cc1ccccc1)C(=O)Nc1nsc(NC(=O)[C@@H](Cc2ccccc2)NC(=O)OCc2ccccc2)n1)OCc1ccccc1. The van der Waals surface area contributed by atoms with Gasteiger partial charge in [0, 0.05) is 24.4 Å². The summed E-state index contributed by atoms with van der Waals surface area (Å²) < 4.78 is 14.8. The molecule has 4 amide bonds. The maximum Gasteiger partial charge on any atom is 0.408 e. The Morgan fingerprint density at radius 2 is 0.939 bits per heavy atom. The Balaban J connectivity index is 1.21. The Labute approximate surface area is 287 Å². The molecule has 0 aliphatic heterocycles.